The molecular weight excluding hydrogens is 244 g/mol. The van der Waals surface area contributed by atoms with E-state index in [0.717, 1.165) is 5.56 Å². The predicted molar refractivity (Wildman–Crippen MR) is 72.6 cm³/mol. The van der Waals surface area contributed by atoms with Crippen LogP contribution in [-0.4, -0.2) is 25.2 Å². The van der Waals surface area contributed by atoms with Crippen molar-refractivity contribution in [2.75, 3.05) is 13.2 Å². The van der Waals surface area contributed by atoms with Crippen molar-refractivity contribution in [2.45, 2.75) is 26.3 Å². The first-order valence-corrected chi connectivity index (χ1v) is 6.42. The summed E-state index contributed by atoms with van der Waals surface area (Å²) in [6.45, 7) is 4.46. The van der Waals surface area contributed by atoms with Crippen molar-refractivity contribution in [3.05, 3.63) is 35.9 Å². The SMILES string of the molecule is CCNC(=O)C[C@H](NC(=O)OCC)c1ccccc1. The van der Waals surface area contributed by atoms with Crippen molar-refractivity contribution in [2.24, 2.45) is 0 Å². The minimum Gasteiger partial charge on any atom is -0.450 e. The Balaban J connectivity index is 2.73. The summed E-state index contributed by atoms with van der Waals surface area (Å²) in [6, 6.07) is 8.98. The second kappa shape index (κ2) is 8.13. The Morgan fingerprint density at radius 1 is 1.21 bits per heavy atom. The summed E-state index contributed by atoms with van der Waals surface area (Å²) in [5.74, 6) is -0.104. The van der Waals surface area contributed by atoms with Gasteiger partial charge in [0.05, 0.1) is 19.1 Å². The van der Waals surface area contributed by atoms with Crippen LogP contribution in [0.5, 0.6) is 0 Å². The first-order valence-electron chi connectivity index (χ1n) is 6.42. The molecule has 0 saturated heterocycles. The number of carbonyl (C=O) groups is 2. The van der Waals surface area contributed by atoms with E-state index in [0.29, 0.717) is 13.2 Å². The van der Waals surface area contributed by atoms with Gasteiger partial charge in [-0.15, -0.1) is 0 Å². The third-order valence-corrected chi connectivity index (χ3v) is 2.53. The lowest BCUT2D eigenvalue weighted by Gasteiger charge is -2.18. The Morgan fingerprint density at radius 3 is 2.47 bits per heavy atom. The van der Waals surface area contributed by atoms with Gasteiger partial charge in [-0.05, 0) is 19.4 Å². The Hall–Kier alpha value is -2.04. The van der Waals surface area contributed by atoms with Gasteiger partial charge in [-0.1, -0.05) is 30.3 Å². The van der Waals surface area contributed by atoms with Gasteiger partial charge in [-0.3, -0.25) is 4.79 Å². The molecule has 1 aromatic rings. The second-order valence-electron chi connectivity index (χ2n) is 3.99. The number of nitrogens with one attached hydrogen (secondary N) is 2. The zero-order valence-electron chi connectivity index (χ0n) is 11.3. The van der Waals surface area contributed by atoms with E-state index in [2.05, 4.69) is 10.6 Å². The van der Waals surface area contributed by atoms with Crippen LogP contribution < -0.4 is 10.6 Å². The molecule has 0 saturated carbocycles. The molecular formula is C14H20N2O3. The maximum atomic E-state index is 11.7. The lowest BCUT2D eigenvalue weighted by Crippen LogP contribution is -2.34. The van der Waals surface area contributed by atoms with Gasteiger partial charge in [0, 0.05) is 6.54 Å². The molecule has 0 fully saturated rings. The molecule has 1 atom stereocenters. The minimum absolute atomic E-state index is 0.104. The summed E-state index contributed by atoms with van der Waals surface area (Å²) < 4.78 is 4.85. The van der Waals surface area contributed by atoms with Gasteiger partial charge in [0.25, 0.3) is 0 Å². The number of alkyl carbamates (subject to hydrolysis) is 1. The Labute approximate surface area is 113 Å². The van der Waals surface area contributed by atoms with Crippen LogP contribution in [0.15, 0.2) is 30.3 Å². The van der Waals surface area contributed by atoms with Gasteiger partial charge in [0.2, 0.25) is 5.91 Å². The van der Waals surface area contributed by atoms with E-state index in [1.807, 2.05) is 37.3 Å². The lowest BCUT2D eigenvalue weighted by molar-refractivity contribution is -0.121. The van der Waals surface area contributed by atoms with E-state index in [1.54, 1.807) is 6.92 Å². The molecule has 19 heavy (non-hydrogen) atoms. The van der Waals surface area contributed by atoms with E-state index in [9.17, 15) is 9.59 Å². The molecule has 0 bridgehead atoms. The molecule has 0 heterocycles. The summed E-state index contributed by atoms with van der Waals surface area (Å²) in [5, 5.41) is 5.42. The summed E-state index contributed by atoms with van der Waals surface area (Å²) in [7, 11) is 0. The Bertz CT molecular complexity index is 386. The van der Waals surface area contributed by atoms with Crippen molar-refractivity contribution in [3.8, 4) is 0 Å². The number of rotatable bonds is 6. The topological polar surface area (TPSA) is 67.4 Å². The number of ether oxygens (including phenoxy) is 1. The lowest BCUT2D eigenvalue weighted by atomic mass is 10.0. The second-order valence-corrected chi connectivity index (χ2v) is 3.99. The van der Waals surface area contributed by atoms with E-state index < -0.39 is 6.09 Å². The molecule has 0 spiro atoms. The quantitative estimate of drug-likeness (QED) is 0.825. The van der Waals surface area contributed by atoms with Crippen LogP contribution in [-0.2, 0) is 9.53 Å². The van der Waals surface area contributed by atoms with Gasteiger partial charge in [-0.2, -0.15) is 0 Å². The van der Waals surface area contributed by atoms with E-state index in [1.165, 1.54) is 0 Å². The molecule has 1 rings (SSSR count). The van der Waals surface area contributed by atoms with Crippen molar-refractivity contribution in [1.29, 1.82) is 0 Å². The first-order chi connectivity index (χ1) is 9.17. The van der Waals surface area contributed by atoms with Gasteiger partial charge in [0.1, 0.15) is 0 Å². The third-order valence-electron chi connectivity index (χ3n) is 2.53. The molecule has 0 aliphatic carbocycles. The number of hydrogen-bond acceptors (Lipinski definition) is 3. The van der Waals surface area contributed by atoms with E-state index in [-0.39, 0.29) is 18.4 Å². The predicted octanol–water partition coefficient (Wildman–Crippen LogP) is 2.00. The van der Waals surface area contributed by atoms with Crippen molar-refractivity contribution >= 4 is 12.0 Å². The number of benzene rings is 1. The molecule has 0 aliphatic heterocycles. The van der Waals surface area contributed by atoms with Crippen LogP contribution in [0.25, 0.3) is 0 Å². The highest BCUT2D eigenvalue weighted by Gasteiger charge is 2.18. The standard InChI is InChI=1S/C14H20N2O3/c1-3-15-13(17)10-12(16-14(18)19-4-2)11-8-6-5-7-9-11/h5-9,12H,3-4,10H2,1-2H3,(H,15,17)(H,16,18)/t12-/m0/s1. The van der Waals surface area contributed by atoms with Crippen molar-refractivity contribution < 1.29 is 14.3 Å². The summed E-state index contributed by atoms with van der Waals surface area (Å²) in [4.78, 5) is 23.2. The van der Waals surface area contributed by atoms with Crippen LogP contribution in [0, 0.1) is 0 Å². The van der Waals surface area contributed by atoms with Crippen LogP contribution in [0.4, 0.5) is 4.79 Å². The zero-order chi connectivity index (χ0) is 14.1. The minimum atomic E-state index is -0.513. The molecule has 1 aromatic carbocycles. The number of amides is 2. The summed E-state index contributed by atoms with van der Waals surface area (Å²) in [6.07, 6.45) is -0.322. The molecule has 2 N–H and O–H groups in total. The maximum Gasteiger partial charge on any atom is 0.407 e. The molecule has 0 radical (unpaired) electrons. The van der Waals surface area contributed by atoms with Gasteiger partial charge in [-0.25, -0.2) is 4.79 Å². The molecule has 104 valence electrons. The Kier molecular flexibility index (Phi) is 6.43. The van der Waals surface area contributed by atoms with Crippen molar-refractivity contribution in [1.82, 2.24) is 10.6 Å². The first kappa shape index (κ1) is 15.0. The van der Waals surface area contributed by atoms with Crippen LogP contribution in [0.3, 0.4) is 0 Å². The normalized spacial score (nSPS) is 11.5. The average Bonchev–Trinajstić information content (AvgIpc) is 2.39. The molecule has 0 aromatic heterocycles. The highest BCUT2D eigenvalue weighted by atomic mass is 16.5. The summed E-state index contributed by atoms with van der Waals surface area (Å²) >= 11 is 0. The van der Waals surface area contributed by atoms with E-state index >= 15 is 0 Å². The van der Waals surface area contributed by atoms with Crippen LogP contribution in [0.1, 0.15) is 31.9 Å². The highest BCUT2D eigenvalue weighted by Crippen LogP contribution is 2.16. The fourth-order valence-corrected chi connectivity index (χ4v) is 1.71. The van der Waals surface area contributed by atoms with Gasteiger partial charge in [0.15, 0.2) is 0 Å². The molecule has 0 aliphatic rings. The van der Waals surface area contributed by atoms with Crippen LogP contribution >= 0.6 is 0 Å². The molecule has 2 amide bonds. The van der Waals surface area contributed by atoms with Gasteiger partial charge >= 0.3 is 6.09 Å². The smallest absolute Gasteiger partial charge is 0.407 e. The Morgan fingerprint density at radius 2 is 1.89 bits per heavy atom. The van der Waals surface area contributed by atoms with E-state index in [4.69, 9.17) is 4.74 Å². The fraction of sp³-hybridized carbons (Fsp3) is 0.429. The zero-order valence-corrected chi connectivity index (χ0v) is 11.3. The molecule has 0 unspecified atom stereocenters. The van der Waals surface area contributed by atoms with Gasteiger partial charge < -0.3 is 15.4 Å². The molecule has 5 heteroatoms. The number of hydrogen-bond donors (Lipinski definition) is 2. The third kappa shape index (κ3) is 5.42. The summed E-state index contributed by atoms with van der Waals surface area (Å²) in [5.41, 5.74) is 0.877. The average molecular weight is 264 g/mol. The maximum absolute atomic E-state index is 11.7. The fourth-order valence-electron chi connectivity index (χ4n) is 1.71. The van der Waals surface area contributed by atoms with Crippen molar-refractivity contribution in [3.63, 3.8) is 0 Å². The number of carbonyl (C=O) groups excluding carboxylic acids is 2. The van der Waals surface area contributed by atoms with Crippen LogP contribution in [0.2, 0.25) is 0 Å². The monoisotopic (exact) mass is 264 g/mol. The molecule has 5 nitrogen and oxygen atoms in total. The largest absolute Gasteiger partial charge is 0.450 e. The highest BCUT2D eigenvalue weighted by molar-refractivity contribution is 5.78.